The van der Waals surface area contributed by atoms with E-state index in [0.29, 0.717) is 36.4 Å². The van der Waals surface area contributed by atoms with Crippen LogP contribution >= 0.6 is 0 Å². The van der Waals surface area contributed by atoms with Gasteiger partial charge in [-0.05, 0) is 31.9 Å². The Labute approximate surface area is 203 Å². The Morgan fingerprint density at radius 3 is 2.91 bits per heavy atom. The van der Waals surface area contributed by atoms with E-state index < -0.39 is 0 Å². The average molecular weight is 472 g/mol. The van der Waals surface area contributed by atoms with Crippen LogP contribution in [0.25, 0.3) is 16.4 Å². The molecule has 0 saturated carbocycles. The fourth-order valence-electron chi connectivity index (χ4n) is 4.63. The molecule has 10 nitrogen and oxygen atoms in total. The molecule has 0 radical (unpaired) electrons. The second-order valence-electron chi connectivity index (χ2n) is 8.58. The number of nitrogens with zero attached hydrogens (tertiary/aromatic N) is 6. The molecular weight excluding hydrogens is 442 g/mol. The van der Waals surface area contributed by atoms with Gasteiger partial charge >= 0.3 is 0 Å². The van der Waals surface area contributed by atoms with Crippen molar-refractivity contribution in [2.45, 2.75) is 38.9 Å². The molecule has 4 heterocycles. The Hall–Kier alpha value is -4.10. The lowest BCUT2D eigenvalue weighted by Crippen LogP contribution is -2.44. The van der Waals surface area contributed by atoms with Crippen LogP contribution in [0.5, 0.6) is 0 Å². The Balaban J connectivity index is 1.48. The molecule has 1 aliphatic heterocycles. The van der Waals surface area contributed by atoms with Crippen molar-refractivity contribution in [1.29, 1.82) is 0 Å². The summed E-state index contributed by atoms with van der Waals surface area (Å²) in [6, 6.07) is 9.93. The molecule has 1 aliphatic rings. The number of hydrogen-bond acceptors (Lipinski definition) is 7. The zero-order valence-electron chi connectivity index (χ0n) is 20.0. The van der Waals surface area contributed by atoms with Gasteiger partial charge in [0.15, 0.2) is 11.5 Å². The molecule has 0 bridgehead atoms. The van der Waals surface area contributed by atoms with Crippen LogP contribution in [0.4, 0.5) is 11.8 Å². The predicted molar refractivity (Wildman–Crippen MR) is 136 cm³/mol. The van der Waals surface area contributed by atoms with E-state index in [1.165, 1.54) is 0 Å². The fraction of sp³-hybridized carbons (Fsp3) is 0.360. The molecule has 1 aromatic carbocycles. The van der Waals surface area contributed by atoms with Crippen molar-refractivity contribution in [3.8, 4) is 11.8 Å². The summed E-state index contributed by atoms with van der Waals surface area (Å²) in [4.78, 5) is 25.2. The third-order valence-corrected chi connectivity index (χ3v) is 6.28. The standard InChI is InChI=1S/C25H29N9O/c1-3-4-14-33-22(23(27-2)31-25(33)32-13-7-8-17(26)16-32)24(35)28-15-21-30-19-10-6-5-9-18(19)20-11-12-29-34(20)21/h5-6,9-12,17,27H,7-8,13-16,26H2,1-2H3,(H,28,35). The van der Waals surface area contributed by atoms with E-state index in [1.54, 1.807) is 24.7 Å². The van der Waals surface area contributed by atoms with Gasteiger partial charge in [-0.15, -0.1) is 5.92 Å². The minimum atomic E-state index is -0.262. The molecule has 10 heteroatoms. The third-order valence-electron chi connectivity index (χ3n) is 6.28. The Morgan fingerprint density at radius 2 is 2.11 bits per heavy atom. The van der Waals surface area contributed by atoms with E-state index in [4.69, 9.17) is 15.7 Å². The number of imidazole rings is 1. The summed E-state index contributed by atoms with van der Waals surface area (Å²) in [6.45, 7) is 3.88. The summed E-state index contributed by atoms with van der Waals surface area (Å²) in [5.41, 5.74) is 8.45. The molecule has 0 aliphatic carbocycles. The summed E-state index contributed by atoms with van der Waals surface area (Å²) < 4.78 is 3.63. The van der Waals surface area contributed by atoms with E-state index in [-0.39, 0.29) is 18.5 Å². The zero-order chi connectivity index (χ0) is 24.4. The molecule has 1 fully saturated rings. The minimum Gasteiger partial charge on any atom is -0.371 e. The lowest BCUT2D eigenvalue weighted by molar-refractivity contribution is 0.0942. The first kappa shape index (κ1) is 22.7. The van der Waals surface area contributed by atoms with Crippen LogP contribution in [-0.4, -0.2) is 56.2 Å². The van der Waals surface area contributed by atoms with Crippen LogP contribution in [0.1, 0.15) is 36.1 Å². The van der Waals surface area contributed by atoms with Crippen LogP contribution in [0.15, 0.2) is 36.5 Å². The number of rotatable bonds is 6. The molecule has 1 atom stereocenters. The highest BCUT2D eigenvalue weighted by atomic mass is 16.2. The average Bonchev–Trinajstić information content (AvgIpc) is 3.51. The van der Waals surface area contributed by atoms with E-state index in [2.05, 4.69) is 32.5 Å². The molecule has 35 heavy (non-hydrogen) atoms. The summed E-state index contributed by atoms with van der Waals surface area (Å²) in [5.74, 6) is 7.60. The normalized spacial score (nSPS) is 15.7. The maximum Gasteiger partial charge on any atom is 0.272 e. The smallest absolute Gasteiger partial charge is 0.272 e. The van der Waals surface area contributed by atoms with Crippen LogP contribution < -0.4 is 21.3 Å². The van der Waals surface area contributed by atoms with Gasteiger partial charge in [-0.2, -0.15) is 10.1 Å². The van der Waals surface area contributed by atoms with E-state index in [1.807, 2.05) is 34.9 Å². The Bertz CT molecular complexity index is 1440. The van der Waals surface area contributed by atoms with Gasteiger partial charge < -0.3 is 21.3 Å². The van der Waals surface area contributed by atoms with E-state index >= 15 is 0 Å². The first-order valence-corrected chi connectivity index (χ1v) is 11.8. The number of para-hydroxylation sites is 1. The first-order valence-electron chi connectivity index (χ1n) is 11.8. The molecule has 3 aromatic heterocycles. The van der Waals surface area contributed by atoms with Crippen LogP contribution in [0.2, 0.25) is 0 Å². The summed E-state index contributed by atoms with van der Waals surface area (Å²) in [5, 5.41) is 11.5. The molecule has 0 spiro atoms. The quantitative estimate of drug-likeness (QED) is 0.368. The van der Waals surface area contributed by atoms with Gasteiger partial charge in [0.05, 0.1) is 30.3 Å². The summed E-state index contributed by atoms with van der Waals surface area (Å²) in [6.07, 6.45) is 3.71. The van der Waals surface area contributed by atoms with E-state index in [9.17, 15) is 4.79 Å². The monoisotopic (exact) mass is 471 g/mol. The predicted octanol–water partition coefficient (Wildman–Crippen LogP) is 2.00. The molecule has 1 amide bonds. The molecule has 4 aromatic rings. The minimum absolute atomic E-state index is 0.0805. The van der Waals surface area contributed by atoms with Gasteiger partial charge in [0.2, 0.25) is 5.95 Å². The number of nitrogens with two attached hydrogens (primary N) is 1. The van der Waals surface area contributed by atoms with Crippen molar-refractivity contribution in [3.63, 3.8) is 0 Å². The second kappa shape index (κ2) is 9.64. The lowest BCUT2D eigenvalue weighted by Gasteiger charge is -2.31. The maximum absolute atomic E-state index is 13.5. The van der Waals surface area contributed by atoms with Crippen molar-refractivity contribution in [2.75, 3.05) is 30.4 Å². The number of piperidine rings is 1. The molecule has 5 rings (SSSR count). The number of hydrogen-bond donors (Lipinski definition) is 3. The Kier molecular flexibility index (Phi) is 6.25. The molecule has 4 N–H and O–H groups in total. The molecule has 1 unspecified atom stereocenters. The van der Waals surface area contributed by atoms with Crippen molar-refractivity contribution in [3.05, 3.63) is 48.0 Å². The van der Waals surface area contributed by atoms with Crippen molar-refractivity contribution in [1.82, 2.24) is 29.5 Å². The van der Waals surface area contributed by atoms with Crippen molar-refractivity contribution in [2.24, 2.45) is 5.73 Å². The van der Waals surface area contributed by atoms with Gasteiger partial charge in [-0.1, -0.05) is 24.1 Å². The topological polar surface area (TPSA) is 118 Å². The van der Waals surface area contributed by atoms with Gasteiger partial charge in [-0.25, -0.2) is 9.50 Å². The number of amides is 1. The second-order valence-corrected chi connectivity index (χ2v) is 8.58. The number of carbonyl (C=O) groups is 1. The van der Waals surface area contributed by atoms with Crippen LogP contribution in [0, 0.1) is 11.8 Å². The van der Waals surface area contributed by atoms with Crippen molar-refractivity contribution < 1.29 is 4.79 Å². The number of fused-ring (bicyclic) bond motifs is 3. The summed E-state index contributed by atoms with van der Waals surface area (Å²) >= 11 is 0. The van der Waals surface area contributed by atoms with Crippen LogP contribution in [0.3, 0.4) is 0 Å². The number of nitrogens with one attached hydrogen (secondary N) is 2. The summed E-state index contributed by atoms with van der Waals surface area (Å²) in [7, 11) is 1.76. The maximum atomic E-state index is 13.5. The molecule has 1 saturated heterocycles. The van der Waals surface area contributed by atoms with Gasteiger partial charge in [0.25, 0.3) is 5.91 Å². The van der Waals surface area contributed by atoms with Gasteiger partial charge in [-0.3, -0.25) is 9.36 Å². The molecular formula is C25H29N9O. The van der Waals surface area contributed by atoms with Crippen LogP contribution in [-0.2, 0) is 13.1 Å². The number of carbonyl (C=O) groups excluding carboxylic acids is 1. The first-order chi connectivity index (χ1) is 17.1. The van der Waals surface area contributed by atoms with Gasteiger partial charge in [0, 0.05) is 31.6 Å². The third kappa shape index (κ3) is 4.26. The number of benzene rings is 1. The highest BCUT2D eigenvalue weighted by molar-refractivity contribution is 5.98. The Morgan fingerprint density at radius 1 is 1.26 bits per heavy atom. The lowest BCUT2D eigenvalue weighted by atomic mass is 10.1. The fourth-order valence-corrected chi connectivity index (χ4v) is 4.63. The SMILES string of the molecule is CC#CCn1c(N2CCCC(N)C2)nc(NC)c1C(=O)NCc1nc2ccccc2c2ccnn12. The number of anilines is 2. The highest BCUT2D eigenvalue weighted by Crippen LogP contribution is 2.26. The largest absolute Gasteiger partial charge is 0.371 e. The highest BCUT2D eigenvalue weighted by Gasteiger charge is 2.28. The van der Waals surface area contributed by atoms with Crippen molar-refractivity contribution >= 4 is 34.1 Å². The van der Waals surface area contributed by atoms with E-state index in [0.717, 1.165) is 35.8 Å². The zero-order valence-corrected chi connectivity index (χ0v) is 20.0. The molecule has 180 valence electrons. The van der Waals surface area contributed by atoms with Gasteiger partial charge in [0.1, 0.15) is 5.82 Å². The number of aromatic nitrogens is 5.